The van der Waals surface area contributed by atoms with E-state index in [-0.39, 0.29) is 5.39 Å². The minimum atomic E-state index is -4.91. The summed E-state index contributed by atoms with van der Waals surface area (Å²) in [6.07, 6.45) is 0. The third-order valence-corrected chi connectivity index (χ3v) is 7.04. The van der Waals surface area contributed by atoms with Crippen molar-refractivity contribution in [1.29, 1.82) is 0 Å². The molecule has 25 heavy (non-hydrogen) atoms. The van der Waals surface area contributed by atoms with Gasteiger partial charge in [0.2, 0.25) is 20.0 Å². The van der Waals surface area contributed by atoms with Crippen LogP contribution in [0.5, 0.6) is 5.75 Å². The monoisotopic (exact) mass is 410 g/mol. The van der Waals surface area contributed by atoms with Gasteiger partial charge < -0.3 is 5.11 Å². The molecule has 0 fully saturated rings. The molecule has 0 amide bonds. The lowest BCUT2D eigenvalue weighted by Crippen LogP contribution is -2.19. The van der Waals surface area contributed by atoms with Gasteiger partial charge in [0.05, 0.1) is 9.79 Å². The third-order valence-electron chi connectivity index (χ3n) is 3.38. The maximum atomic E-state index is 12.0. The maximum absolute atomic E-state index is 12.0. The second-order valence-corrected chi connectivity index (χ2v) is 10.0. The van der Waals surface area contributed by atoms with Crippen molar-refractivity contribution in [2.45, 2.75) is 14.7 Å². The van der Waals surface area contributed by atoms with E-state index < -0.39 is 56.0 Å². The van der Waals surface area contributed by atoms with E-state index in [0.717, 1.165) is 32.3 Å². The fraction of sp³-hybridized carbons (Fsp3) is 0.167. The summed E-state index contributed by atoms with van der Waals surface area (Å²) in [5.41, 5.74) is 0. The Balaban J connectivity index is 3.07. The molecule has 0 bridgehead atoms. The number of phenols is 1. The number of nitrogens with one attached hydrogen (secondary N) is 2. The van der Waals surface area contributed by atoms with E-state index in [1.54, 1.807) is 0 Å². The highest BCUT2D eigenvalue weighted by Crippen LogP contribution is 2.35. The van der Waals surface area contributed by atoms with Crippen LogP contribution in [0.4, 0.5) is 0 Å². The minimum Gasteiger partial charge on any atom is -0.507 e. The predicted molar refractivity (Wildman–Crippen MR) is 87.9 cm³/mol. The standard InChI is InChI=1S/C12H14N2O8S3/c1-13-23(16,17)8-3-7-4-9(24(18,19)14-2)6-11(25(20,21)22)12(7)10(15)5-8/h3-6,13-15H,1-2H3,(H,20,21,22). The van der Waals surface area contributed by atoms with E-state index >= 15 is 0 Å². The Labute approximate surface area is 144 Å². The molecule has 0 aliphatic heterocycles. The van der Waals surface area contributed by atoms with Gasteiger partial charge in [0.25, 0.3) is 10.1 Å². The summed E-state index contributed by atoms with van der Waals surface area (Å²) in [6, 6.07) is 3.40. The molecule has 0 saturated carbocycles. The van der Waals surface area contributed by atoms with Crippen LogP contribution in [0.1, 0.15) is 0 Å². The van der Waals surface area contributed by atoms with Crippen molar-refractivity contribution in [3.63, 3.8) is 0 Å². The first-order valence-electron chi connectivity index (χ1n) is 6.49. The van der Waals surface area contributed by atoms with Gasteiger partial charge in [0.15, 0.2) is 0 Å². The molecule has 0 unspecified atom stereocenters. The zero-order chi connectivity index (χ0) is 19.2. The van der Waals surface area contributed by atoms with E-state index in [9.17, 15) is 34.9 Å². The summed E-state index contributed by atoms with van der Waals surface area (Å²) in [5.74, 6) is -0.757. The fourth-order valence-electron chi connectivity index (χ4n) is 2.15. The predicted octanol–water partition coefficient (Wildman–Crippen LogP) is -0.392. The quantitative estimate of drug-likeness (QED) is 0.483. The molecule has 0 atom stereocenters. The zero-order valence-corrected chi connectivity index (χ0v) is 15.3. The molecule has 0 radical (unpaired) electrons. The molecular weight excluding hydrogens is 396 g/mol. The highest BCUT2D eigenvalue weighted by Gasteiger charge is 2.24. The van der Waals surface area contributed by atoms with Crippen LogP contribution in [-0.2, 0) is 30.2 Å². The molecule has 0 aliphatic rings. The zero-order valence-electron chi connectivity index (χ0n) is 12.9. The van der Waals surface area contributed by atoms with Crippen LogP contribution in [0, 0.1) is 0 Å². The van der Waals surface area contributed by atoms with Crippen molar-refractivity contribution in [2.24, 2.45) is 0 Å². The molecule has 13 heteroatoms. The average molecular weight is 410 g/mol. The lowest BCUT2D eigenvalue weighted by molar-refractivity contribution is 0.472. The Hall–Kier alpha value is -1.77. The molecule has 2 aromatic rings. The van der Waals surface area contributed by atoms with Crippen LogP contribution in [0.15, 0.2) is 39.0 Å². The molecule has 2 rings (SSSR count). The topological polar surface area (TPSA) is 167 Å². The van der Waals surface area contributed by atoms with Crippen LogP contribution in [0.3, 0.4) is 0 Å². The maximum Gasteiger partial charge on any atom is 0.295 e. The number of aromatic hydroxyl groups is 1. The van der Waals surface area contributed by atoms with E-state index in [1.165, 1.54) is 0 Å². The van der Waals surface area contributed by atoms with Gasteiger partial charge in [-0.3, -0.25) is 4.55 Å². The molecule has 0 aromatic heterocycles. The smallest absolute Gasteiger partial charge is 0.295 e. The fourth-order valence-corrected chi connectivity index (χ4v) is 4.56. The van der Waals surface area contributed by atoms with Gasteiger partial charge in [-0.25, -0.2) is 26.3 Å². The largest absolute Gasteiger partial charge is 0.507 e. The Bertz CT molecular complexity index is 1160. The number of sulfonamides is 2. The molecule has 0 spiro atoms. The normalized spacial score (nSPS) is 13.2. The van der Waals surface area contributed by atoms with E-state index in [0.29, 0.717) is 6.07 Å². The van der Waals surface area contributed by atoms with Gasteiger partial charge >= 0.3 is 0 Å². The molecule has 138 valence electrons. The van der Waals surface area contributed by atoms with Crippen molar-refractivity contribution >= 4 is 40.9 Å². The van der Waals surface area contributed by atoms with Gasteiger partial charge in [-0.15, -0.1) is 0 Å². The summed E-state index contributed by atoms with van der Waals surface area (Å²) in [6.45, 7) is 0. The number of hydrogen-bond donors (Lipinski definition) is 4. The summed E-state index contributed by atoms with van der Waals surface area (Å²) in [7, 11) is -10.8. The lowest BCUT2D eigenvalue weighted by Gasteiger charge is -2.12. The Morgan fingerprint density at radius 1 is 0.800 bits per heavy atom. The summed E-state index contributed by atoms with van der Waals surface area (Å²) in [5, 5.41) is 9.45. The summed E-state index contributed by atoms with van der Waals surface area (Å²) in [4.78, 5) is -1.82. The Morgan fingerprint density at radius 2 is 1.24 bits per heavy atom. The molecular formula is C12H14N2O8S3. The second kappa shape index (κ2) is 6.19. The second-order valence-electron chi connectivity index (χ2n) is 4.85. The van der Waals surface area contributed by atoms with Crippen molar-refractivity contribution < 1.29 is 34.9 Å². The third kappa shape index (κ3) is 3.61. The van der Waals surface area contributed by atoms with Gasteiger partial charge in [0, 0.05) is 11.5 Å². The van der Waals surface area contributed by atoms with E-state index in [1.807, 2.05) is 9.44 Å². The SMILES string of the molecule is CNS(=O)(=O)c1cc(O)c2c(S(=O)(=O)O)cc(S(=O)(=O)NC)cc2c1. The average Bonchev–Trinajstić information content (AvgIpc) is 2.52. The van der Waals surface area contributed by atoms with E-state index in [2.05, 4.69) is 0 Å². The molecule has 10 nitrogen and oxygen atoms in total. The summed E-state index contributed by atoms with van der Waals surface area (Å²) < 4.78 is 84.3. The van der Waals surface area contributed by atoms with Crippen LogP contribution >= 0.6 is 0 Å². The number of hydrogen-bond acceptors (Lipinski definition) is 7. The molecule has 4 N–H and O–H groups in total. The highest BCUT2D eigenvalue weighted by molar-refractivity contribution is 7.90. The van der Waals surface area contributed by atoms with Gasteiger partial charge in [-0.1, -0.05) is 0 Å². The van der Waals surface area contributed by atoms with Crippen molar-refractivity contribution in [2.75, 3.05) is 14.1 Å². The number of rotatable bonds is 5. The van der Waals surface area contributed by atoms with Crippen LogP contribution in [0.25, 0.3) is 10.8 Å². The van der Waals surface area contributed by atoms with Crippen molar-refractivity contribution in [3.8, 4) is 5.75 Å². The number of phenolic OH excluding ortho intramolecular Hbond substituents is 1. The molecule has 0 aliphatic carbocycles. The molecule has 2 aromatic carbocycles. The molecule has 0 heterocycles. The van der Waals surface area contributed by atoms with Crippen LogP contribution < -0.4 is 9.44 Å². The lowest BCUT2D eigenvalue weighted by atomic mass is 10.1. The number of fused-ring (bicyclic) bond motifs is 1. The minimum absolute atomic E-state index is 0.210. The first-order chi connectivity index (χ1) is 11.3. The van der Waals surface area contributed by atoms with Gasteiger partial charge in [-0.2, -0.15) is 8.42 Å². The molecule has 0 saturated heterocycles. The van der Waals surface area contributed by atoms with Crippen LogP contribution in [0.2, 0.25) is 0 Å². The Morgan fingerprint density at radius 3 is 1.64 bits per heavy atom. The summed E-state index contributed by atoms with van der Waals surface area (Å²) >= 11 is 0. The Kier molecular flexibility index (Phi) is 4.84. The van der Waals surface area contributed by atoms with Crippen molar-refractivity contribution in [3.05, 3.63) is 24.3 Å². The first kappa shape index (κ1) is 19.6. The van der Waals surface area contributed by atoms with Crippen molar-refractivity contribution in [1.82, 2.24) is 9.44 Å². The first-order valence-corrected chi connectivity index (χ1v) is 10.9. The van der Waals surface area contributed by atoms with Gasteiger partial charge in [0.1, 0.15) is 10.6 Å². The van der Waals surface area contributed by atoms with E-state index in [4.69, 9.17) is 0 Å². The highest BCUT2D eigenvalue weighted by atomic mass is 32.2. The van der Waals surface area contributed by atoms with Crippen LogP contribution in [-0.4, -0.2) is 49.0 Å². The van der Waals surface area contributed by atoms with Gasteiger partial charge in [-0.05, 0) is 37.7 Å². The number of benzene rings is 2.